The zero-order chi connectivity index (χ0) is 25.1. The molecule has 0 radical (unpaired) electrons. The molecule has 1 aromatic carbocycles. The molecule has 1 aromatic rings. The number of amides is 3. The lowest BCUT2D eigenvalue weighted by Crippen LogP contribution is -2.52. The van der Waals surface area contributed by atoms with Crippen LogP contribution in [0.2, 0.25) is 0 Å². The normalized spacial score (nSPS) is 16.9. The smallest absolute Gasteiger partial charge is 0.326 e. The molecule has 3 atom stereocenters. The standard InChI is InChI=1S/C22H32N4O8/c1-34-10-9-26(13-15(20(29)30)12-24-19(28)17-3-2-8-23-17)22(33)25-18(21(31)32)11-14-4-6-16(27)7-5-14/h4-7,15,17-18,23,27H,2-3,8-13H2,1H3,(H,24,28)(H,25,33)(H,29,30)(H,31,32)/t15-,17+,18+/m1/s1. The Balaban J connectivity index is 2.03. The van der Waals surface area contributed by atoms with Gasteiger partial charge in [0.25, 0.3) is 0 Å². The van der Waals surface area contributed by atoms with Crippen LogP contribution in [0.5, 0.6) is 5.75 Å². The topological polar surface area (TPSA) is 178 Å². The van der Waals surface area contributed by atoms with Crippen LogP contribution in [0.25, 0.3) is 0 Å². The summed E-state index contributed by atoms with van der Waals surface area (Å²) in [4.78, 5) is 49.8. The molecule has 3 amide bonds. The van der Waals surface area contributed by atoms with E-state index in [1.54, 1.807) is 12.1 Å². The number of carboxylic acids is 2. The Bertz CT molecular complexity index is 842. The number of carbonyl (C=O) groups is 4. The molecule has 1 saturated heterocycles. The fourth-order valence-corrected chi connectivity index (χ4v) is 3.54. The van der Waals surface area contributed by atoms with E-state index in [0.29, 0.717) is 12.0 Å². The number of nitrogens with zero attached hydrogens (tertiary/aromatic N) is 1. The summed E-state index contributed by atoms with van der Waals surface area (Å²) < 4.78 is 5.00. The summed E-state index contributed by atoms with van der Waals surface area (Å²) in [6, 6.07) is 3.50. The van der Waals surface area contributed by atoms with Crippen LogP contribution in [-0.4, -0.2) is 96.1 Å². The minimum Gasteiger partial charge on any atom is -0.508 e. The Kier molecular flexibility index (Phi) is 10.6. The second-order valence-electron chi connectivity index (χ2n) is 8.08. The number of benzene rings is 1. The van der Waals surface area contributed by atoms with E-state index in [2.05, 4.69) is 16.0 Å². The van der Waals surface area contributed by atoms with Gasteiger partial charge in [-0.25, -0.2) is 9.59 Å². The predicted molar refractivity (Wildman–Crippen MR) is 120 cm³/mol. The van der Waals surface area contributed by atoms with Gasteiger partial charge < -0.3 is 40.9 Å². The number of aromatic hydroxyl groups is 1. The largest absolute Gasteiger partial charge is 0.508 e. The summed E-state index contributed by atoms with van der Waals surface area (Å²) in [5, 5.41) is 36.6. The first-order chi connectivity index (χ1) is 16.2. The first-order valence-corrected chi connectivity index (χ1v) is 11.0. The number of phenolic OH excluding ortho intramolecular Hbond substituents is 1. The molecule has 12 heteroatoms. The van der Waals surface area contributed by atoms with Gasteiger partial charge in [0.2, 0.25) is 5.91 Å². The van der Waals surface area contributed by atoms with Gasteiger partial charge in [0.1, 0.15) is 11.8 Å². The van der Waals surface area contributed by atoms with Crippen molar-refractivity contribution >= 4 is 23.9 Å². The van der Waals surface area contributed by atoms with Crippen molar-refractivity contribution in [1.29, 1.82) is 0 Å². The summed E-state index contributed by atoms with van der Waals surface area (Å²) in [7, 11) is 1.42. The lowest BCUT2D eigenvalue weighted by molar-refractivity contribution is -0.142. The van der Waals surface area contributed by atoms with Gasteiger partial charge in [-0.1, -0.05) is 12.1 Å². The van der Waals surface area contributed by atoms with Crippen molar-refractivity contribution in [2.24, 2.45) is 5.92 Å². The molecule has 0 spiro atoms. The molecule has 12 nitrogen and oxygen atoms in total. The highest BCUT2D eigenvalue weighted by molar-refractivity contribution is 5.84. The number of carboxylic acid groups (broad SMARTS) is 2. The van der Waals surface area contributed by atoms with Gasteiger partial charge in [-0.05, 0) is 37.1 Å². The zero-order valence-corrected chi connectivity index (χ0v) is 19.0. The van der Waals surface area contributed by atoms with Crippen LogP contribution in [0.3, 0.4) is 0 Å². The van der Waals surface area contributed by atoms with Gasteiger partial charge >= 0.3 is 18.0 Å². The second-order valence-corrected chi connectivity index (χ2v) is 8.08. The van der Waals surface area contributed by atoms with Gasteiger partial charge in [0.05, 0.1) is 18.6 Å². The van der Waals surface area contributed by atoms with E-state index in [4.69, 9.17) is 4.74 Å². The number of aliphatic carboxylic acids is 2. The van der Waals surface area contributed by atoms with Crippen molar-refractivity contribution in [2.45, 2.75) is 31.3 Å². The number of methoxy groups -OCH3 is 1. The molecular weight excluding hydrogens is 448 g/mol. The molecule has 0 saturated carbocycles. The summed E-state index contributed by atoms with van der Waals surface area (Å²) in [6.07, 6.45) is 1.50. The minimum atomic E-state index is -1.28. The highest BCUT2D eigenvalue weighted by atomic mass is 16.5. The highest BCUT2D eigenvalue weighted by Crippen LogP contribution is 2.12. The van der Waals surface area contributed by atoms with Gasteiger partial charge in [0, 0.05) is 33.2 Å². The Morgan fingerprint density at radius 3 is 2.44 bits per heavy atom. The number of hydrogen-bond donors (Lipinski definition) is 6. The first-order valence-electron chi connectivity index (χ1n) is 11.0. The average Bonchev–Trinajstić information content (AvgIpc) is 3.34. The van der Waals surface area contributed by atoms with Crippen molar-refractivity contribution < 1.29 is 39.2 Å². The Morgan fingerprint density at radius 2 is 1.88 bits per heavy atom. The first kappa shape index (κ1) is 26.9. The number of ether oxygens (including phenoxy) is 1. The molecule has 1 aliphatic heterocycles. The molecule has 188 valence electrons. The molecule has 0 unspecified atom stereocenters. The number of rotatable bonds is 13. The Morgan fingerprint density at radius 1 is 1.18 bits per heavy atom. The molecule has 34 heavy (non-hydrogen) atoms. The maximum Gasteiger partial charge on any atom is 0.326 e. The van der Waals surface area contributed by atoms with Crippen molar-refractivity contribution in [1.82, 2.24) is 20.9 Å². The number of nitrogens with one attached hydrogen (secondary N) is 3. The molecule has 1 fully saturated rings. The van der Waals surface area contributed by atoms with Crippen molar-refractivity contribution in [3.8, 4) is 5.75 Å². The molecule has 0 aromatic heterocycles. The lowest BCUT2D eigenvalue weighted by Gasteiger charge is -2.28. The minimum absolute atomic E-state index is 0.0236. The molecule has 2 rings (SSSR count). The van der Waals surface area contributed by atoms with Crippen molar-refractivity contribution in [3.63, 3.8) is 0 Å². The maximum atomic E-state index is 12.9. The van der Waals surface area contributed by atoms with Crippen LogP contribution in [0.15, 0.2) is 24.3 Å². The quantitative estimate of drug-likeness (QED) is 0.219. The second kappa shape index (κ2) is 13.4. The van der Waals surface area contributed by atoms with Crippen LogP contribution in [-0.2, 0) is 25.5 Å². The molecule has 0 bridgehead atoms. The average molecular weight is 481 g/mol. The monoisotopic (exact) mass is 480 g/mol. The van der Waals surface area contributed by atoms with E-state index < -0.39 is 29.9 Å². The summed E-state index contributed by atoms with van der Waals surface area (Å²) >= 11 is 0. The van der Waals surface area contributed by atoms with Crippen molar-refractivity contribution in [2.75, 3.05) is 39.9 Å². The third-order valence-corrected chi connectivity index (χ3v) is 5.51. The molecular formula is C22H32N4O8. The van der Waals surface area contributed by atoms with E-state index in [-0.39, 0.29) is 50.4 Å². The number of carbonyl (C=O) groups excluding carboxylic acids is 2. The molecule has 1 heterocycles. The number of urea groups is 1. The van der Waals surface area contributed by atoms with E-state index >= 15 is 0 Å². The van der Waals surface area contributed by atoms with Crippen LogP contribution >= 0.6 is 0 Å². The SMILES string of the molecule is COCCN(C[C@@H](CNC(=O)[C@@H]1CCCN1)C(=O)O)C(=O)N[C@@H](Cc1ccc(O)cc1)C(=O)O. The van der Waals surface area contributed by atoms with Crippen LogP contribution in [0, 0.1) is 5.92 Å². The van der Waals surface area contributed by atoms with Gasteiger partial charge in [-0.2, -0.15) is 0 Å². The van der Waals surface area contributed by atoms with Crippen LogP contribution in [0.4, 0.5) is 4.79 Å². The van der Waals surface area contributed by atoms with E-state index in [1.165, 1.54) is 19.2 Å². The highest BCUT2D eigenvalue weighted by Gasteiger charge is 2.29. The third kappa shape index (κ3) is 8.52. The van der Waals surface area contributed by atoms with Crippen LogP contribution < -0.4 is 16.0 Å². The number of phenols is 1. The van der Waals surface area contributed by atoms with Gasteiger partial charge in [-0.15, -0.1) is 0 Å². The maximum absolute atomic E-state index is 12.9. The fraction of sp³-hybridized carbons (Fsp3) is 0.545. The van der Waals surface area contributed by atoms with E-state index in [0.717, 1.165) is 17.9 Å². The van der Waals surface area contributed by atoms with Crippen LogP contribution in [0.1, 0.15) is 18.4 Å². The third-order valence-electron chi connectivity index (χ3n) is 5.51. The predicted octanol–water partition coefficient (Wildman–Crippen LogP) is -0.385. The summed E-state index contributed by atoms with van der Waals surface area (Å²) in [5.41, 5.74) is 0.584. The summed E-state index contributed by atoms with van der Waals surface area (Å²) in [5.74, 6) is -3.83. The van der Waals surface area contributed by atoms with E-state index in [1.807, 2.05) is 0 Å². The Labute approximate surface area is 197 Å². The molecule has 0 aliphatic carbocycles. The van der Waals surface area contributed by atoms with Gasteiger partial charge in [-0.3, -0.25) is 9.59 Å². The molecule has 1 aliphatic rings. The van der Waals surface area contributed by atoms with Gasteiger partial charge in [0.15, 0.2) is 0 Å². The fourth-order valence-electron chi connectivity index (χ4n) is 3.54. The lowest BCUT2D eigenvalue weighted by atomic mass is 10.1. The number of hydrogen-bond acceptors (Lipinski definition) is 7. The summed E-state index contributed by atoms with van der Waals surface area (Å²) in [6.45, 7) is 0.414. The zero-order valence-electron chi connectivity index (χ0n) is 19.0. The Hall–Kier alpha value is -3.38. The van der Waals surface area contributed by atoms with E-state index in [9.17, 15) is 34.5 Å². The van der Waals surface area contributed by atoms with Crippen molar-refractivity contribution in [3.05, 3.63) is 29.8 Å². The molecule has 6 N–H and O–H groups in total.